The van der Waals surface area contributed by atoms with E-state index in [-0.39, 0.29) is 17.6 Å². The molecule has 3 aromatic rings. The number of rotatable bonds is 7. The molecule has 2 N–H and O–H groups in total. The summed E-state index contributed by atoms with van der Waals surface area (Å²) >= 11 is 3.03. The summed E-state index contributed by atoms with van der Waals surface area (Å²) in [6.07, 6.45) is 3.45. The van der Waals surface area contributed by atoms with Crippen LogP contribution in [0, 0.1) is 5.92 Å². The number of benzene rings is 1. The highest BCUT2D eigenvalue weighted by molar-refractivity contribution is 7.98. The lowest BCUT2D eigenvalue weighted by molar-refractivity contribution is -0.118. The normalized spacial score (nSPS) is 12.0. The first-order valence-electron chi connectivity index (χ1n) is 8.73. The van der Waals surface area contributed by atoms with Crippen LogP contribution in [0.1, 0.15) is 24.4 Å². The van der Waals surface area contributed by atoms with Crippen molar-refractivity contribution in [2.75, 3.05) is 11.6 Å². The van der Waals surface area contributed by atoms with Crippen LogP contribution >= 0.6 is 23.1 Å². The molecule has 0 fully saturated rings. The van der Waals surface area contributed by atoms with Gasteiger partial charge in [0.15, 0.2) is 10.9 Å². The quantitative estimate of drug-likeness (QED) is 0.554. The lowest BCUT2D eigenvalue weighted by Gasteiger charge is -2.20. The molecule has 1 atom stereocenters. The predicted octanol–water partition coefficient (Wildman–Crippen LogP) is 4.52. The molecule has 1 aromatic carbocycles. The van der Waals surface area contributed by atoms with Crippen molar-refractivity contribution in [2.24, 2.45) is 5.92 Å². The fourth-order valence-corrected chi connectivity index (χ4v) is 3.69. The summed E-state index contributed by atoms with van der Waals surface area (Å²) in [6, 6.07) is 10.6. The number of thioether (sulfide) groups is 1. The van der Waals surface area contributed by atoms with Crippen LogP contribution in [-0.2, 0) is 4.79 Å². The van der Waals surface area contributed by atoms with Gasteiger partial charge in [-0.2, -0.15) is 0 Å². The number of hydrogen-bond acceptors (Lipinski definition) is 6. The van der Waals surface area contributed by atoms with Crippen molar-refractivity contribution < 1.29 is 14.0 Å². The van der Waals surface area contributed by atoms with Gasteiger partial charge in [0.25, 0.3) is 5.91 Å². The Hall–Kier alpha value is -2.58. The Balaban J connectivity index is 1.68. The van der Waals surface area contributed by atoms with Crippen LogP contribution in [0.4, 0.5) is 5.13 Å². The van der Waals surface area contributed by atoms with Crippen LogP contribution in [0.2, 0.25) is 0 Å². The molecule has 0 bridgehead atoms. The molecule has 0 aliphatic heterocycles. The second-order valence-electron chi connectivity index (χ2n) is 6.43. The Morgan fingerprint density at radius 3 is 2.54 bits per heavy atom. The molecule has 2 amide bonds. The topological polar surface area (TPSA) is 84.2 Å². The number of anilines is 1. The highest BCUT2D eigenvalue weighted by atomic mass is 32.2. The maximum absolute atomic E-state index is 12.7. The second kappa shape index (κ2) is 9.07. The number of carbonyl (C=O) groups excluding carboxylic acids is 2. The highest BCUT2D eigenvalue weighted by Crippen LogP contribution is 2.27. The number of carbonyl (C=O) groups is 2. The molecule has 0 saturated carbocycles. The molecule has 146 valence electrons. The van der Waals surface area contributed by atoms with Crippen molar-refractivity contribution >= 4 is 40.0 Å². The summed E-state index contributed by atoms with van der Waals surface area (Å²) in [6.45, 7) is 3.74. The minimum Gasteiger partial charge on any atom is -0.459 e. The Bertz CT molecular complexity index is 934. The van der Waals surface area contributed by atoms with E-state index < -0.39 is 11.9 Å². The second-order valence-corrected chi connectivity index (χ2v) is 8.17. The summed E-state index contributed by atoms with van der Waals surface area (Å²) in [7, 11) is 0. The molecule has 2 aromatic heterocycles. The van der Waals surface area contributed by atoms with Crippen LogP contribution in [0.15, 0.2) is 57.4 Å². The number of aromatic nitrogens is 1. The van der Waals surface area contributed by atoms with Gasteiger partial charge >= 0.3 is 0 Å². The van der Waals surface area contributed by atoms with Gasteiger partial charge in [0, 0.05) is 15.8 Å². The fourth-order valence-electron chi connectivity index (χ4n) is 2.56. The van der Waals surface area contributed by atoms with Gasteiger partial charge in [-0.25, -0.2) is 4.98 Å². The minimum atomic E-state index is -0.703. The van der Waals surface area contributed by atoms with E-state index in [1.807, 2.05) is 49.7 Å². The third kappa shape index (κ3) is 4.82. The van der Waals surface area contributed by atoms with Crippen LogP contribution in [0.3, 0.4) is 0 Å². The van der Waals surface area contributed by atoms with Crippen molar-refractivity contribution in [1.29, 1.82) is 0 Å². The number of amides is 2. The van der Waals surface area contributed by atoms with E-state index in [1.54, 1.807) is 23.9 Å². The summed E-state index contributed by atoms with van der Waals surface area (Å²) in [4.78, 5) is 30.6. The number of nitrogens with zero attached hydrogens (tertiary/aromatic N) is 1. The smallest absolute Gasteiger partial charge is 0.287 e. The third-order valence-corrected chi connectivity index (χ3v) is 5.60. The van der Waals surface area contributed by atoms with Gasteiger partial charge in [-0.05, 0) is 36.4 Å². The predicted molar refractivity (Wildman–Crippen MR) is 113 cm³/mol. The molecule has 1 unspecified atom stereocenters. The molecular weight excluding hydrogens is 394 g/mol. The van der Waals surface area contributed by atoms with E-state index in [0.717, 1.165) is 11.3 Å². The highest BCUT2D eigenvalue weighted by Gasteiger charge is 2.26. The Kier molecular flexibility index (Phi) is 6.53. The standard InChI is InChI=1S/C20H21N3O3S2/c1-12(2)17(22-18(24)16-5-4-10-26-16)19(25)23-20-21-15(11-28-20)13-6-8-14(27-3)9-7-13/h4-12,17H,1-3H3,(H,22,24)(H,21,23,25). The number of furan rings is 1. The maximum Gasteiger partial charge on any atom is 0.287 e. The molecular formula is C20H21N3O3S2. The molecule has 6 nitrogen and oxygen atoms in total. The van der Waals surface area contributed by atoms with Crippen LogP contribution < -0.4 is 10.6 Å². The number of hydrogen-bond donors (Lipinski definition) is 2. The monoisotopic (exact) mass is 415 g/mol. The van der Waals surface area contributed by atoms with Gasteiger partial charge in [0.05, 0.1) is 12.0 Å². The summed E-state index contributed by atoms with van der Waals surface area (Å²) < 4.78 is 5.09. The van der Waals surface area contributed by atoms with Crippen LogP contribution in [-0.4, -0.2) is 29.1 Å². The Labute approximate surface area is 171 Å². The van der Waals surface area contributed by atoms with E-state index in [0.29, 0.717) is 5.13 Å². The summed E-state index contributed by atoms with van der Waals surface area (Å²) in [5, 5.41) is 7.92. The van der Waals surface area contributed by atoms with Crippen molar-refractivity contribution in [2.45, 2.75) is 24.8 Å². The van der Waals surface area contributed by atoms with Crippen molar-refractivity contribution in [3.05, 3.63) is 53.8 Å². The first-order valence-corrected chi connectivity index (χ1v) is 10.8. The molecule has 2 heterocycles. The van der Waals surface area contributed by atoms with Crippen molar-refractivity contribution in [3.63, 3.8) is 0 Å². The summed E-state index contributed by atoms with van der Waals surface area (Å²) in [5.74, 6) is -0.665. The minimum absolute atomic E-state index is 0.0996. The van der Waals surface area contributed by atoms with Gasteiger partial charge in [0.1, 0.15) is 6.04 Å². The van der Waals surface area contributed by atoms with Crippen LogP contribution in [0.5, 0.6) is 0 Å². The van der Waals surface area contributed by atoms with E-state index in [2.05, 4.69) is 15.6 Å². The molecule has 3 rings (SSSR count). The molecule has 0 aliphatic carbocycles. The average molecular weight is 416 g/mol. The summed E-state index contributed by atoms with van der Waals surface area (Å²) in [5.41, 5.74) is 1.79. The zero-order valence-electron chi connectivity index (χ0n) is 15.8. The Morgan fingerprint density at radius 1 is 1.18 bits per heavy atom. The zero-order valence-corrected chi connectivity index (χ0v) is 17.4. The molecule has 0 aliphatic rings. The molecule has 0 spiro atoms. The lowest BCUT2D eigenvalue weighted by Crippen LogP contribution is -2.47. The van der Waals surface area contributed by atoms with Gasteiger partial charge in [-0.1, -0.05) is 26.0 Å². The number of thiazole rings is 1. The van der Waals surface area contributed by atoms with E-state index in [4.69, 9.17) is 4.42 Å². The average Bonchev–Trinajstić information content (AvgIpc) is 3.38. The first kappa shape index (κ1) is 20.2. The lowest BCUT2D eigenvalue weighted by atomic mass is 10.0. The van der Waals surface area contributed by atoms with Crippen molar-refractivity contribution in [3.8, 4) is 11.3 Å². The van der Waals surface area contributed by atoms with E-state index in [9.17, 15) is 9.59 Å². The van der Waals surface area contributed by atoms with Gasteiger partial charge in [-0.3, -0.25) is 9.59 Å². The Morgan fingerprint density at radius 2 is 1.93 bits per heavy atom. The van der Waals surface area contributed by atoms with E-state index >= 15 is 0 Å². The zero-order chi connectivity index (χ0) is 20.1. The first-order chi connectivity index (χ1) is 13.5. The molecule has 0 saturated heterocycles. The largest absolute Gasteiger partial charge is 0.459 e. The molecule has 0 radical (unpaired) electrons. The molecule has 28 heavy (non-hydrogen) atoms. The van der Waals surface area contributed by atoms with E-state index in [1.165, 1.54) is 22.5 Å². The third-order valence-electron chi connectivity index (χ3n) is 4.10. The molecule has 8 heteroatoms. The van der Waals surface area contributed by atoms with Gasteiger partial charge < -0.3 is 15.1 Å². The number of nitrogens with one attached hydrogen (secondary N) is 2. The van der Waals surface area contributed by atoms with Crippen molar-refractivity contribution in [1.82, 2.24) is 10.3 Å². The van der Waals surface area contributed by atoms with Crippen LogP contribution in [0.25, 0.3) is 11.3 Å². The SMILES string of the molecule is CSc1ccc(-c2csc(NC(=O)C(NC(=O)c3ccco3)C(C)C)n2)cc1. The van der Waals surface area contributed by atoms with Gasteiger partial charge in [0.2, 0.25) is 5.91 Å². The van der Waals surface area contributed by atoms with Gasteiger partial charge in [-0.15, -0.1) is 23.1 Å². The fraction of sp³-hybridized carbons (Fsp3) is 0.250. The maximum atomic E-state index is 12.7.